The van der Waals surface area contributed by atoms with Gasteiger partial charge < -0.3 is 15.1 Å². The van der Waals surface area contributed by atoms with E-state index in [0.29, 0.717) is 0 Å². The zero-order valence-corrected chi connectivity index (χ0v) is 13.5. The summed E-state index contributed by atoms with van der Waals surface area (Å²) < 4.78 is 5.07. The van der Waals surface area contributed by atoms with Crippen molar-refractivity contribution in [2.75, 3.05) is 0 Å². The van der Waals surface area contributed by atoms with E-state index in [9.17, 15) is 9.59 Å². The normalized spacial score (nSPS) is 35.8. The SMILES string of the molecule is CC(NC(=O)c1ccco1)C(=O)NC12CC3CC(CC(C3)C1)C2. The summed E-state index contributed by atoms with van der Waals surface area (Å²) in [7, 11) is 0. The molecule has 4 aliphatic rings. The van der Waals surface area contributed by atoms with Gasteiger partial charge in [0, 0.05) is 5.54 Å². The molecule has 0 spiro atoms. The summed E-state index contributed by atoms with van der Waals surface area (Å²) in [4.78, 5) is 24.6. The predicted molar refractivity (Wildman–Crippen MR) is 84.7 cm³/mol. The number of rotatable bonds is 4. The lowest BCUT2D eigenvalue weighted by atomic mass is 9.53. The lowest BCUT2D eigenvalue weighted by molar-refractivity contribution is -0.128. The Morgan fingerprint density at radius 3 is 2.30 bits per heavy atom. The Morgan fingerprint density at radius 1 is 1.17 bits per heavy atom. The van der Waals surface area contributed by atoms with Gasteiger partial charge in [0.25, 0.3) is 5.91 Å². The molecule has 0 aliphatic heterocycles. The van der Waals surface area contributed by atoms with Crippen molar-refractivity contribution in [1.29, 1.82) is 0 Å². The summed E-state index contributed by atoms with van der Waals surface area (Å²) in [6, 6.07) is 2.70. The first-order valence-corrected chi connectivity index (χ1v) is 8.69. The fourth-order valence-corrected chi connectivity index (χ4v) is 5.37. The van der Waals surface area contributed by atoms with Crippen molar-refractivity contribution in [1.82, 2.24) is 10.6 Å². The fraction of sp³-hybridized carbons (Fsp3) is 0.667. The van der Waals surface area contributed by atoms with Crippen LogP contribution >= 0.6 is 0 Å². The van der Waals surface area contributed by atoms with Crippen LogP contribution in [0.4, 0.5) is 0 Å². The van der Waals surface area contributed by atoms with E-state index in [0.717, 1.165) is 37.0 Å². The monoisotopic (exact) mass is 316 g/mol. The quantitative estimate of drug-likeness (QED) is 0.896. The lowest BCUT2D eigenvalue weighted by Gasteiger charge is -2.57. The van der Waals surface area contributed by atoms with Crippen molar-refractivity contribution >= 4 is 11.8 Å². The lowest BCUT2D eigenvalue weighted by Crippen LogP contribution is -2.62. The molecule has 4 fully saturated rings. The van der Waals surface area contributed by atoms with E-state index in [-0.39, 0.29) is 23.1 Å². The average molecular weight is 316 g/mol. The fourth-order valence-electron chi connectivity index (χ4n) is 5.37. The van der Waals surface area contributed by atoms with E-state index in [2.05, 4.69) is 10.6 Å². The molecule has 1 atom stereocenters. The van der Waals surface area contributed by atoms with Gasteiger partial charge in [0.1, 0.15) is 6.04 Å². The molecule has 1 aromatic heterocycles. The highest BCUT2D eigenvalue weighted by Crippen LogP contribution is 2.55. The summed E-state index contributed by atoms with van der Waals surface area (Å²) in [5.41, 5.74) is -0.0184. The molecule has 5 rings (SSSR count). The second-order valence-corrected chi connectivity index (χ2v) is 7.86. The van der Waals surface area contributed by atoms with Crippen LogP contribution in [0.2, 0.25) is 0 Å². The van der Waals surface area contributed by atoms with Gasteiger partial charge in [-0.1, -0.05) is 0 Å². The topological polar surface area (TPSA) is 71.3 Å². The number of hydrogen-bond donors (Lipinski definition) is 2. The van der Waals surface area contributed by atoms with Gasteiger partial charge in [-0.15, -0.1) is 0 Å². The van der Waals surface area contributed by atoms with E-state index >= 15 is 0 Å². The third kappa shape index (κ3) is 2.77. The van der Waals surface area contributed by atoms with Crippen LogP contribution < -0.4 is 10.6 Å². The number of carbonyl (C=O) groups excluding carboxylic acids is 2. The van der Waals surface area contributed by atoms with Crippen LogP contribution in [0.25, 0.3) is 0 Å². The van der Waals surface area contributed by atoms with Crippen molar-refractivity contribution in [2.24, 2.45) is 17.8 Å². The molecule has 1 unspecified atom stereocenters. The minimum absolute atomic E-state index is 0.0184. The molecule has 0 aromatic carbocycles. The van der Waals surface area contributed by atoms with Crippen molar-refractivity contribution in [2.45, 2.75) is 57.0 Å². The Kier molecular flexibility index (Phi) is 3.47. The van der Waals surface area contributed by atoms with Crippen molar-refractivity contribution in [3.05, 3.63) is 24.2 Å². The van der Waals surface area contributed by atoms with Crippen LogP contribution in [-0.4, -0.2) is 23.4 Å². The second kappa shape index (κ2) is 5.39. The molecular formula is C18H24N2O3. The molecule has 4 bridgehead atoms. The minimum atomic E-state index is -0.555. The van der Waals surface area contributed by atoms with Gasteiger partial charge in [-0.05, 0) is 75.3 Å². The molecule has 23 heavy (non-hydrogen) atoms. The summed E-state index contributed by atoms with van der Waals surface area (Å²) >= 11 is 0. The Bertz CT molecular complexity index is 573. The van der Waals surface area contributed by atoms with Crippen molar-refractivity contribution in [3.8, 4) is 0 Å². The van der Waals surface area contributed by atoms with Gasteiger partial charge in [-0.2, -0.15) is 0 Å². The molecule has 1 aromatic rings. The minimum Gasteiger partial charge on any atom is -0.459 e. The largest absolute Gasteiger partial charge is 0.459 e. The van der Waals surface area contributed by atoms with Gasteiger partial charge in [-0.3, -0.25) is 9.59 Å². The summed E-state index contributed by atoms with van der Waals surface area (Å²) in [6.07, 6.45) is 8.84. The zero-order chi connectivity index (χ0) is 16.0. The van der Waals surface area contributed by atoms with Crippen LogP contribution in [0.1, 0.15) is 56.0 Å². The van der Waals surface area contributed by atoms with Crippen molar-refractivity contribution in [3.63, 3.8) is 0 Å². The summed E-state index contributed by atoms with van der Waals surface area (Å²) in [5, 5.41) is 6.01. The molecule has 1 heterocycles. The number of carbonyl (C=O) groups is 2. The maximum atomic E-state index is 12.6. The molecule has 2 amide bonds. The molecule has 5 heteroatoms. The first kappa shape index (κ1) is 14.8. The third-order valence-electron chi connectivity index (χ3n) is 5.91. The van der Waals surface area contributed by atoms with Crippen LogP contribution in [0, 0.1) is 17.8 Å². The molecule has 0 radical (unpaired) electrons. The predicted octanol–water partition coefficient (Wildman–Crippen LogP) is 2.48. The highest BCUT2D eigenvalue weighted by atomic mass is 16.3. The van der Waals surface area contributed by atoms with Gasteiger partial charge in [0.2, 0.25) is 5.91 Å². The number of hydrogen-bond acceptors (Lipinski definition) is 3. The average Bonchev–Trinajstić information content (AvgIpc) is 2.99. The smallest absolute Gasteiger partial charge is 0.287 e. The molecule has 124 valence electrons. The van der Waals surface area contributed by atoms with Crippen LogP contribution in [0.5, 0.6) is 0 Å². The van der Waals surface area contributed by atoms with Crippen LogP contribution in [-0.2, 0) is 4.79 Å². The van der Waals surface area contributed by atoms with Gasteiger partial charge in [0.15, 0.2) is 5.76 Å². The third-order valence-corrected chi connectivity index (χ3v) is 5.91. The van der Waals surface area contributed by atoms with Gasteiger partial charge >= 0.3 is 0 Å². The van der Waals surface area contributed by atoms with Gasteiger partial charge in [0.05, 0.1) is 6.26 Å². The van der Waals surface area contributed by atoms with E-state index in [1.165, 1.54) is 25.5 Å². The summed E-state index contributed by atoms with van der Waals surface area (Å²) in [6.45, 7) is 1.73. The van der Waals surface area contributed by atoms with E-state index in [4.69, 9.17) is 4.42 Å². The van der Waals surface area contributed by atoms with Gasteiger partial charge in [-0.25, -0.2) is 0 Å². The molecule has 0 saturated heterocycles. The maximum Gasteiger partial charge on any atom is 0.287 e. The Hall–Kier alpha value is -1.78. The number of amides is 2. The Morgan fingerprint density at radius 2 is 1.78 bits per heavy atom. The highest BCUT2D eigenvalue weighted by Gasteiger charge is 2.51. The molecule has 4 aliphatic carbocycles. The standard InChI is InChI=1S/C18H24N2O3/c1-11(19-17(22)15-3-2-4-23-15)16(21)20-18-8-12-5-13(9-18)7-14(6-12)10-18/h2-4,11-14H,5-10H2,1H3,(H,19,22)(H,20,21). The first-order valence-electron chi connectivity index (χ1n) is 8.69. The molecular weight excluding hydrogens is 292 g/mol. The summed E-state index contributed by atoms with van der Waals surface area (Å²) in [5.74, 6) is 2.17. The number of nitrogens with one attached hydrogen (secondary N) is 2. The van der Waals surface area contributed by atoms with E-state index in [1.54, 1.807) is 19.1 Å². The number of furan rings is 1. The Labute approximate surface area is 136 Å². The highest BCUT2D eigenvalue weighted by molar-refractivity contribution is 5.95. The van der Waals surface area contributed by atoms with E-state index < -0.39 is 6.04 Å². The van der Waals surface area contributed by atoms with Crippen molar-refractivity contribution < 1.29 is 14.0 Å². The maximum absolute atomic E-state index is 12.6. The molecule has 5 nitrogen and oxygen atoms in total. The molecule has 4 saturated carbocycles. The van der Waals surface area contributed by atoms with E-state index in [1.807, 2.05) is 0 Å². The Balaban J connectivity index is 1.39. The molecule has 2 N–H and O–H groups in total. The van der Waals surface area contributed by atoms with Crippen LogP contribution in [0.15, 0.2) is 22.8 Å². The van der Waals surface area contributed by atoms with Crippen LogP contribution in [0.3, 0.4) is 0 Å². The second-order valence-electron chi connectivity index (χ2n) is 7.86. The zero-order valence-electron chi connectivity index (χ0n) is 13.5. The first-order chi connectivity index (χ1) is 11.0.